The van der Waals surface area contributed by atoms with Crippen LogP contribution in [0.2, 0.25) is 0 Å². The van der Waals surface area contributed by atoms with E-state index in [9.17, 15) is 5.11 Å². The maximum absolute atomic E-state index is 10.4. The minimum atomic E-state index is -0.655. The summed E-state index contributed by atoms with van der Waals surface area (Å²) in [6.07, 6.45) is -0.655. The molecule has 2 unspecified atom stereocenters. The fourth-order valence-electron chi connectivity index (χ4n) is 2.85. The molecule has 152 valence electrons. The maximum atomic E-state index is 10.4. The Balaban J connectivity index is 2.12. The highest BCUT2D eigenvalue weighted by atomic mass is 16.5. The zero-order chi connectivity index (χ0) is 20.5. The van der Waals surface area contributed by atoms with Gasteiger partial charge in [-0.25, -0.2) is 0 Å². The third-order valence-electron chi connectivity index (χ3n) is 4.49. The highest BCUT2D eigenvalue weighted by Gasteiger charge is 2.15. The first-order valence-corrected chi connectivity index (χ1v) is 9.49. The van der Waals surface area contributed by atoms with Gasteiger partial charge in [0.2, 0.25) is 0 Å². The van der Waals surface area contributed by atoms with Crippen molar-refractivity contribution < 1.29 is 14.6 Å². The van der Waals surface area contributed by atoms with E-state index in [2.05, 4.69) is 15.6 Å². The zero-order valence-electron chi connectivity index (χ0n) is 17.3. The van der Waals surface area contributed by atoms with E-state index in [1.54, 1.807) is 14.2 Å². The van der Waals surface area contributed by atoms with E-state index in [4.69, 9.17) is 9.47 Å². The van der Waals surface area contributed by atoms with Crippen molar-refractivity contribution in [3.05, 3.63) is 59.2 Å². The van der Waals surface area contributed by atoms with Gasteiger partial charge in [0.25, 0.3) is 0 Å². The van der Waals surface area contributed by atoms with E-state index in [0.717, 1.165) is 28.2 Å². The highest BCUT2D eigenvalue weighted by Crippen LogP contribution is 2.29. The normalized spacial score (nSPS) is 13.6. The van der Waals surface area contributed by atoms with Gasteiger partial charge in [0, 0.05) is 12.1 Å². The van der Waals surface area contributed by atoms with Crippen molar-refractivity contribution in [1.29, 1.82) is 0 Å². The number of ether oxygens (including phenoxy) is 2. The first kappa shape index (κ1) is 21.6. The van der Waals surface area contributed by atoms with E-state index in [1.807, 2.05) is 63.2 Å². The SMILES string of the molecule is CCNC(=NCC(O)c1ccc(C)cc1)NC(C)c1cc(OC)ccc1OC. The summed E-state index contributed by atoms with van der Waals surface area (Å²) in [5.74, 6) is 2.17. The molecule has 3 N–H and O–H groups in total. The molecular weight excluding hydrogens is 354 g/mol. The number of hydrogen-bond acceptors (Lipinski definition) is 4. The average molecular weight is 386 g/mol. The molecule has 0 amide bonds. The first-order chi connectivity index (χ1) is 13.5. The Hall–Kier alpha value is -2.73. The molecule has 0 saturated heterocycles. The minimum absolute atomic E-state index is 0.0700. The largest absolute Gasteiger partial charge is 0.497 e. The number of aryl methyl sites for hydroxylation is 1. The summed E-state index contributed by atoms with van der Waals surface area (Å²) < 4.78 is 10.8. The van der Waals surface area contributed by atoms with Crippen LogP contribution in [-0.2, 0) is 0 Å². The van der Waals surface area contributed by atoms with Crippen molar-refractivity contribution in [3.63, 3.8) is 0 Å². The molecule has 2 atom stereocenters. The lowest BCUT2D eigenvalue weighted by Crippen LogP contribution is -2.39. The van der Waals surface area contributed by atoms with E-state index < -0.39 is 6.10 Å². The molecule has 0 aliphatic rings. The van der Waals surface area contributed by atoms with Crippen LogP contribution in [0.1, 0.15) is 42.7 Å². The van der Waals surface area contributed by atoms with Crippen molar-refractivity contribution in [1.82, 2.24) is 10.6 Å². The standard InChI is InChI=1S/C22H31N3O3/c1-6-23-22(24-14-20(26)17-9-7-15(2)8-10-17)25-16(3)19-13-18(27-4)11-12-21(19)28-5/h7-13,16,20,26H,6,14H2,1-5H3,(H2,23,24,25). The second-order valence-corrected chi connectivity index (χ2v) is 6.62. The van der Waals surface area contributed by atoms with Gasteiger partial charge >= 0.3 is 0 Å². The number of rotatable bonds is 8. The molecule has 2 aromatic rings. The zero-order valence-corrected chi connectivity index (χ0v) is 17.3. The Labute approximate surface area is 167 Å². The molecule has 6 heteroatoms. The molecular formula is C22H31N3O3. The molecule has 0 aliphatic carbocycles. The number of aliphatic imine (C=N–C) groups is 1. The fourth-order valence-corrected chi connectivity index (χ4v) is 2.85. The van der Waals surface area contributed by atoms with Crippen molar-refractivity contribution in [2.45, 2.75) is 32.9 Å². The second kappa shape index (κ2) is 10.6. The van der Waals surface area contributed by atoms with Crippen LogP contribution in [0.4, 0.5) is 0 Å². The van der Waals surface area contributed by atoms with Gasteiger partial charge in [-0.15, -0.1) is 0 Å². The summed E-state index contributed by atoms with van der Waals surface area (Å²) in [7, 11) is 3.29. The van der Waals surface area contributed by atoms with Crippen LogP contribution >= 0.6 is 0 Å². The number of hydrogen-bond donors (Lipinski definition) is 3. The van der Waals surface area contributed by atoms with E-state index in [-0.39, 0.29) is 12.6 Å². The molecule has 0 fully saturated rings. The van der Waals surface area contributed by atoms with E-state index in [0.29, 0.717) is 12.5 Å². The number of aliphatic hydroxyl groups is 1. The van der Waals surface area contributed by atoms with Gasteiger partial charge in [-0.2, -0.15) is 0 Å². The minimum Gasteiger partial charge on any atom is -0.497 e. The number of benzene rings is 2. The summed E-state index contributed by atoms with van der Waals surface area (Å²) in [4.78, 5) is 4.55. The maximum Gasteiger partial charge on any atom is 0.191 e. The molecule has 0 heterocycles. The monoisotopic (exact) mass is 385 g/mol. The lowest BCUT2D eigenvalue weighted by atomic mass is 10.1. The Morgan fingerprint density at radius 1 is 1.11 bits per heavy atom. The summed E-state index contributed by atoms with van der Waals surface area (Å²) in [5.41, 5.74) is 2.98. The van der Waals surface area contributed by atoms with Gasteiger partial charge in [-0.1, -0.05) is 29.8 Å². The Kier molecular flexibility index (Phi) is 8.14. The van der Waals surface area contributed by atoms with Gasteiger partial charge < -0.3 is 25.2 Å². The average Bonchev–Trinajstić information content (AvgIpc) is 2.71. The Morgan fingerprint density at radius 2 is 1.82 bits per heavy atom. The summed E-state index contributed by atoms with van der Waals surface area (Å²) in [6.45, 7) is 7.04. The van der Waals surface area contributed by atoms with Crippen molar-refractivity contribution >= 4 is 5.96 Å². The fraction of sp³-hybridized carbons (Fsp3) is 0.409. The molecule has 0 spiro atoms. The van der Waals surface area contributed by atoms with E-state index >= 15 is 0 Å². The molecule has 0 radical (unpaired) electrons. The van der Waals surface area contributed by atoms with Crippen LogP contribution in [-0.4, -0.2) is 38.4 Å². The highest BCUT2D eigenvalue weighted by molar-refractivity contribution is 5.80. The predicted octanol–water partition coefficient (Wildman–Crippen LogP) is 3.36. The van der Waals surface area contributed by atoms with Crippen LogP contribution in [0.25, 0.3) is 0 Å². The van der Waals surface area contributed by atoms with Gasteiger partial charge in [-0.05, 0) is 44.5 Å². The second-order valence-electron chi connectivity index (χ2n) is 6.62. The topological polar surface area (TPSA) is 75.1 Å². The van der Waals surface area contributed by atoms with Crippen LogP contribution in [0.15, 0.2) is 47.5 Å². The van der Waals surface area contributed by atoms with Gasteiger partial charge in [-0.3, -0.25) is 4.99 Å². The van der Waals surface area contributed by atoms with Crippen LogP contribution in [0, 0.1) is 6.92 Å². The van der Waals surface area contributed by atoms with Crippen LogP contribution in [0.3, 0.4) is 0 Å². The summed E-state index contributed by atoms with van der Waals surface area (Å²) >= 11 is 0. The molecule has 0 saturated carbocycles. The smallest absolute Gasteiger partial charge is 0.191 e. The molecule has 2 aromatic carbocycles. The Morgan fingerprint density at radius 3 is 2.43 bits per heavy atom. The molecule has 2 rings (SSSR count). The van der Waals surface area contributed by atoms with Crippen LogP contribution in [0.5, 0.6) is 11.5 Å². The number of nitrogens with zero attached hydrogens (tertiary/aromatic N) is 1. The number of methoxy groups -OCH3 is 2. The lowest BCUT2D eigenvalue weighted by molar-refractivity contribution is 0.187. The summed E-state index contributed by atoms with van der Waals surface area (Å²) in [6, 6.07) is 13.5. The van der Waals surface area contributed by atoms with Gasteiger partial charge in [0.05, 0.1) is 32.9 Å². The van der Waals surface area contributed by atoms with Crippen molar-refractivity contribution in [2.75, 3.05) is 27.3 Å². The number of nitrogens with one attached hydrogen (secondary N) is 2. The van der Waals surface area contributed by atoms with E-state index in [1.165, 1.54) is 0 Å². The number of guanidine groups is 1. The van der Waals surface area contributed by atoms with Crippen molar-refractivity contribution in [3.8, 4) is 11.5 Å². The quantitative estimate of drug-likeness (QED) is 0.480. The molecule has 28 heavy (non-hydrogen) atoms. The molecule has 0 aromatic heterocycles. The third-order valence-corrected chi connectivity index (χ3v) is 4.49. The predicted molar refractivity (Wildman–Crippen MR) is 113 cm³/mol. The van der Waals surface area contributed by atoms with Gasteiger partial charge in [0.1, 0.15) is 11.5 Å². The third kappa shape index (κ3) is 5.89. The van der Waals surface area contributed by atoms with Crippen LogP contribution < -0.4 is 20.1 Å². The first-order valence-electron chi connectivity index (χ1n) is 9.49. The number of aliphatic hydroxyl groups excluding tert-OH is 1. The van der Waals surface area contributed by atoms with Gasteiger partial charge in [0.15, 0.2) is 5.96 Å². The summed E-state index contributed by atoms with van der Waals surface area (Å²) in [5, 5.41) is 17.0. The molecule has 6 nitrogen and oxygen atoms in total. The Bertz CT molecular complexity index is 775. The van der Waals surface area contributed by atoms with Crippen molar-refractivity contribution in [2.24, 2.45) is 4.99 Å². The lowest BCUT2D eigenvalue weighted by Gasteiger charge is -2.21. The molecule has 0 aliphatic heterocycles. The molecule has 0 bridgehead atoms.